The highest BCUT2D eigenvalue weighted by atomic mass is 16.7. The molecule has 7 heteroatoms. The van der Waals surface area contributed by atoms with Crippen LogP contribution in [0.3, 0.4) is 0 Å². The van der Waals surface area contributed by atoms with Crippen molar-refractivity contribution in [2.45, 2.75) is 38.6 Å². The fraction of sp³-hybridized carbons (Fsp3) is 0.257. The lowest BCUT2D eigenvalue weighted by molar-refractivity contribution is -0.276. The van der Waals surface area contributed by atoms with Gasteiger partial charge in [0, 0.05) is 24.6 Å². The van der Waals surface area contributed by atoms with Gasteiger partial charge in [0.2, 0.25) is 0 Å². The van der Waals surface area contributed by atoms with E-state index in [0.717, 1.165) is 23.2 Å². The molecule has 1 saturated heterocycles. The Morgan fingerprint density at radius 1 is 0.738 bits per heavy atom. The van der Waals surface area contributed by atoms with Crippen molar-refractivity contribution >= 4 is 17.5 Å². The van der Waals surface area contributed by atoms with Crippen LogP contribution in [-0.2, 0) is 22.6 Å². The summed E-state index contributed by atoms with van der Waals surface area (Å²) < 4.78 is 13.2. The highest BCUT2D eigenvalue weighted by molar-refractivity contribution is 6.34. The number of aliphatic hydroxyl groups is 1. The third kappa shape index (κ3) is 5.52. The number of aliphatic hydroxyl groups excluding tert-OH is 1. The summed E-state index contributed by atoms with van der Waals surface area (Å²) in [7, 11) is 2.09. The summed E-state index contributed by atoms with van der Waals surface area (Å²) >= 11 is 0. The smallest absolute Gasteiger partial charge is 0.266 e. The molecule has 0 aliphatic carbocycles. The summed E-state index contributed by atoms with van der Waals surface area (Å²) in [6.45, 7) is 3.63. The van der Waals surface area contributed by atoms with Crippen LogP contribution in [-0.4, -0.2) is 41.5 Å². The normalized spacial score (nSPS) is 22.0. The zero-order chi connectivity index (χ0) is 29.2. The molecule has 0 saturated carbocycles. The van der Waals surface area contributed by atoms with Gasteiger partial charge in [0.15, 0.2) is 6.29 Å². The number of fused-ring (bicyclic) bond motifs is 1. The molecule has 2 aliphatic rings. The molecule has 2 heterocycles. The number of anilines is 1. The number of carbonyl (C=O) groups is 2. The van der Waals surface area contributed by atoms with Gasteiger partial charge in [0.1, 0.15) is 0 Å². The maximum Gasteiger partial charge on any atom is 0.266 e. The Kier molecular flexibility index (Phi) is 8.00. The third-order valence-corrected chi connectivity index (χ3v) is 8.13. The molecule has 1 fully saturated rings. The molecule has 2 amide bonds. The van der Waals surface area contributed by atoms with Crippen molar-refractivity contribution in [3.05, 3.63) is 137 Å². The third-order valence-electron chi connectivity index (χ3n) is 8.13. The van der Waals surface area contributed by atoms with Crippen molar-refractivity contribution in [3.63, 3.8) is 0 Å². The standard InChI is InChI=1S/C35H34N2O5/c1-23-31(21-36(2)20-24-8-4-3-5-9-24)41-35(42-32(23)26-14-12-25(22-38)13-15-26)27-16-18-28(19-17-27)37-33(39)29-10-6-7-11-30(29)34(37)40/h3-19,23,31-32,35,38H,20-22H2,1-2H3/t23-,31+,32+,35+/m1/s1. The minimum atomic E-state index is -0.643. The average molecular weight is 563 g/mol. The molecule has 0 bridgehead atoms. The van der Waals surface area contributed by atoms with E-state index in [1.54, 1.807) is 36.4 Å². The van der Waals surface area contributed by atoms with Crippen molar-refractivity contribution in [2.75, 3.05) is 18.5 Å². The summed E-state index contributed by atoms with van der Waals surface area (Å²) in [5.41, 5.74) is 5.23. The van der Waals surface area contributed by atoms with Crippen LogP contribution in [0.2, 0.25) is 0 Å². The second-order valence-corrected chi connectivity index (χ2v) is 11.1. The first-order valence-electron chi connectivity index (χ1n) is 14.2. The van der Waals surface area contributed by atoms with Gasteiger partial charge in [-0.2, -0.15) is 0 Å². The van der Waals surface area contributed by atoms with E-state index in [-0.39, 0.29) is 36.5 Å². The molecule has 0 spiro atoms. The van der Waals surface area contributed by atoms with Crippen molar-refractivity contribution in [1.29, 1.82) is 0 Å². The van der Waals surface area contributed by atoms with E-state index in [4.69, 9.17) is 9.47 Å². The monoisotopic (exact) mass is 562 g/mol. The number of benzene rings is 4. The maximum atomic E-state index is 13.0. The number of nitrogens with zero attached hydrogens (tertiary/aromatic N) is 2. The molecule has 42 heavy (non-hydrogen) atoms. The number of carbonyl (C=O) groups excluding carboxylic acids is 2. The molecule has 0 radical (unpaired) electrons. The molecule has 0 aromatic heterocycles. The first-order valence-corrected chi connectivity index (χ1v) is 14.2. The van der Waals surface area contributed by atoms with Gasteiger partial charge in [-0.15, -0.1) is 0 Å². The van der Waals surface area contributed by atoms with Crippen LogP contribution in [0.15, 0.2) is 103 Å². The van der Waals surface area contributed by atoms with E-state index in [2.05, 4.69) is 31.0 Å². The van der Waals surface area contributed by atoms with E-state index < -0.39 is 6.29 Å². The van der Waals surface area contributed by atoms with Crippen LogP contribution in [0, 0.1) is 5.92 Å². The molecule has 6 rings (SSSR count). The molecule has 4 aromatic rings. The number of likely N-dealkylation sites (N-methyl/N-ethyl adjacent to an activating group) is 1. The van der Waals surface area contributed by atoms with Gasteiger partial charge in [-0.05, 0) is 48.0 Å². The van der Waals surface area contributed by atoms with Gasteiger partial charge in [-0.3, -0.25) is 14.5 Å². The lowest BCUT2D eigenvalue weighted by Gasteiger charge is -2.42. The van der Waals surface area contributed by atoms with E-state index >= 15 is 0 Å². The van der Waals surface area contributed by atoms with Crippen LogP contribution >= 0.6 is 0 Å². The second-order valence-electron chi connectivity index (χ2n) is 11.1. The van der Waals surface area contributed by atoms with Crippen LogP contribution in [0.25, 0.3) is 0 Å². The molecular weight excluding hydrogens is 528 g/mol. The molecule has 4 aromatic carbocycles. The SMILES string of the molecule is C[C@@H]1[C@H](CN(C)Cc2ccccc2)O[C@H](c2ccc(N3C(=O)c4ccccc4C3=O)cc2)O[C@@H]1c1ccc(CO)cc1. The largest absolute Gasteiger partial charge is 0.392 e. The second kappa shape index (κ2) is 12.0. The van der Waals surface area contributed by atoms with Crippen molar-refractivity contribution in [2.24, 2.45) is 5.92 Å². The minimum Gasteiger partial charge on any atom is -0.392 e. The Morgan fingerprint density at radius 3 is 1.95 bits per heavy atom. The van der Waals surface area contributed by atoms with Gasteiger partial charge >= 0.3 is 0 Å². The summed E-state index contributed by atoms with van der Waals surface area (Å²) in [5, 5.41) is 9.53. The predicted octanol–water partition coefficient (Wildman–Crippen LogP) is 5.90. The molecular formula is C35H34N2O5. The first kappa shape index (κ1) is 28.0. The number of imide groups is 1. The number of amides is 2. The van der Waals surface area contributed by atoms with Gasteiger partial charge < -0.3 is 14.6 Å². The molecule has 1 N–H and O–H groups in total. The Morgan fingerprint density at radius 2 is 1.33 bits per heavy atom. The van der Waals surface area contributed by atoms with Crippen molar-refractivity contribution < 1.29 is 24.2 Å². The fourth-order valence-corrected chi connectivity index (χ4v) is 5.80. The van der Waals surface area contributed by atoms with Gasteiger partial charge in [-0.1, -0.05) is 85.8 Å². The Bertz CT molecular complexity index is 1520. The fourth-order valence-electron chi connectivity index (χ4n) is 5.80. The summed E-state index contributed by atoms with van der Waals surface area (Å²) in [6.07, 6.45) is -1.01. The average Bonchev–Trinajstić information content (AvgIpc) is 3.28. The van der Waals surface area contributed by atoms with Gasteiger partial charge in [-0.25, -0.2) is 4.90 Å². The minimum absolute atomic E-state index is 0.0144. The lowest BCUT2D eigenvalue weighted by atomic mass is 9.90. The molecule has 0 unspecified atom stereocenters. The molecule has 7 nitrogen and oxygen atoms in total. The Labute approximate surface area is 245 Å². The Balaban J connectivity index is 1.24. The lowest BCUT2D eigenvalue weighted by Crippen LogP contribution is -2.43. The summed E-state index contributed by atoms with van der Waals surface area (Å²) in [4.78, 5) is 29.5. The quantitative estimate of drug-likeness (QED) is 0.269. The number of hydrogen-bond donors (Lipinski definition) is 1. The maximum absolute atomic E-state index is 13.0. The summed E-state index contributed by atoms with van der Waals surface area (Å²) in [5.74, 6) is -0.595. The van der Waals surface area contributed by atoms with Crippen LogP contribution in [0.1, 0.15) is 62.3 Å². The predicted molar refractivity (Wildman–Crippen MR) is 160 cm³/mol. The summed E-state index contributed by atoms with van der Waals surface area (Å²) in [6, 6.07) is 32.3. The zero-order valence-corrected chi connectivity index (χ0v) is 23.7. The highest BCUT2D eigenvalue weighted by Crippen LogP contribution is 2.42. The van der Waals surface area contributed by atoms with Gasteiger partial charge in [0.05, 0.1) is 35.6 Å². The molecule has 4 atom stereocenters. The number of hydrogen-bond acceptors (Lipinski definition) is 6. The highest BCUT2D eigenvalue weighted by Gasteiger charge is 2.40. The van der Waals surface area contributed by atoms with E-state index in [0.29, 0.717) is 23.4 Å². The van der Waals surface area contributed by atoms with Crippen molar-refractivity contribution in [3.8, 4) is 0 Å². The molecule has 214 valence electrons. The van der Waals surface area contributed by atoms with Crippen molar-refractivity contribution in [1.82, 2.24) is 4.90 Å². The van der Waals surface area contributed by atoms with Gasteiger partial charge in [0.25, 0.3) is 11.8 Å². The zero-order valence-electron chi connectivity index (χ0n) is 23.7. The number of ether oxygens (including phenoxy) is 2. The topological polar surface area (TPSA) is 79.3 Å². The van der Waals surface area contributed by atoms with Crippen LogP contribution < -0.4 is 4.90 Å². The molecule has 2 aliphatic heterocycles. The van der Waals surface area contributed by atoms with E-state index in [1.807, 2.05) is 54.6 Å². The van der Waals surface area contributed by atoms with E-state index in [1.165, 1.54) is 10.5 Å². The number of rotatable bonds is 8. The van der Waals surface area contributed by atoms with E-state index in [9.17, 15) is 14.7 Å². The Hall–Kier alpha value is -4.14. The first-order chi connectivity index (χ1) is 20.4. The van der Waals surface area contributed by atoms with Crippen LogP contribution in [0.4, 0.5) is 5.69 Å². The van der Waals surface area contributed by atoms with Crippen LogP contribution in [0.5, 0.6) is 0 Å².